The number of benzene rings is 2. The van der Waals surface area contributed by atoms with E-state index in [2.05, 4.69) is 22.6 Å². The lowest BCUT2D eigenvalue weighted by Gasteiger charge is -2.25. The van der Waals surface area contributed by atoms with Gasteiger partial charge in [0.2, 0.25) is 0 Å². The molecule has 0 radical (unpaired) electrons. The Labute approximate surface area is 132 Å². The Bertz CT molecular complexity index is 610. The van der Waals surface area contributed by atoms with Gasteiger partial charge in [-0.1, -0.05) is 18.2 Å². The quantitative estimate of drug-likeness (QED) is 0.822. The number of aromatic hydroxyl groups is 1. The topological polar surface area (TPSA) is 40.5 Å². The molecule has 0 aliphatic rings. The van der Waals surface area contributed by atoms with Gasteiger partial charge < -0.3 is 10.0 Å². The standard InChI is InChI=1S/C16H16INO2/c1-11(12-6-8-15(19)9-7-12)18(2)16(20)13-4-3-5-14(17)10-13/h3-11,19H,1-2H3. The van der Waals surface area contributed by atoms with Gasteiger partial charge in [-0.15, -0.1) is 0 Å². The van der Waals surface area contributed by atoms with Gasteiger partial charge in [0.25, 0.3) is 5.91 Å². The van der Waals surface area contributed by atoms with E-state index < -0.39 is 0 Å². The number of rotatable bonds is 3. The second-order valence-electron chi connectivity index (χ2n) is 4.69. The predicted octanol–water partition coefficient (Wildman–Crippen LogP) is 3.83. The molecule has 1 atom stereocenters. The number of halogens is 1. The number of hydrogen-bond acceptors (Lipinski definition) is 2. The fourth-order valence-corrected chi connectivity index (χ4v) is 2.52. The first-order valence-electron chi connectivity index (χ1n) is 6.30. The number of phenolic OH excluding ortho intramolecular Hbond substituents is 1. The molecule has 0 fully saturated rings. The summed E-state index contributed by atoms with van der Waals surface area (Å²) < 4.78 is 1.04. The van der Waals surface area contributed by atoms with Crippen LogP contribution in [-0.2, 0) is 0 Å². The van der Waals surface area contributed by atoms with Gasteiger partial charge in [-0.2, -0.15) is 0 Å². The van der Waals surface area contributed by atoms with Gasteiger partial charge in [0.1, 0.15) is 5.75 Å². The van der Waals surface area contributed by atoms with Crippen LogP contribution in [0.3, 0.4) is 0 Å². The zero-order valence-electron chi connectivity index (χ0n) is 11.4. The zero-order valence-corrected chi connectivity index (χ0v) is 13.5. The van der Waals surface area contributed by atoms with Crippen molar-refractivity contribution in [1.29, 1.82) is 0 Å². The summed E-state index contributed by atoms with van der Waals surface area (Å²) in [5, 5.41) is 9.31. The molecule has 1 amide bonds. The number of carbonyl (C=O) groups is 1. The third-order valence-electron chi connectivity index (χ3n) is 3.35. The van der Waals surface area contributed by atoms with Gasteiger partial charge in [-0.3, -0.25) is 4.79 Å². The largest absolute Gasteiger partial charge is 0.508 e. The van der Waals surface area contributed by atoms with Crippen molar-refractivity contribution in [3.05, 3.63) is 63.2 Å². The van der Waals surface area contributed by atoms with Gasteiger partial charge in [-0.05, 0) is 65.4 Å². The van der Waals surface area contributed by atoms with E-state index in [-0.39, 0.29) is 17.7 Å². The van der Waals surface area contributed by atoms with E-state index in [9.17, 15) is 9.90 Å². The zero-order chi connectivity index (χ0) is 14.7. The molecule has 1 N–H and O–H groups in total. The summed E-state index contributed by atoms with van der Waals surface area (Å²) in [5.41, 5.74) is 1.68. The lowest BCUT2D eigenvalue weighted by Crippen LogP contribution is -2.29. The van der Waals surface area contributed by atoms with Gasteiger partial charge in [0, 0.05) is 16.2 Å². The first-order chi connectivity index (χ1) is 9.49. The van der Waals surface area contributed by atoms with Crippen LogP contribution in [0.25, 0.3) is 0 Å². The maximum absolute atomic E-state index is 12.5. The molecule has 0 aliphatic carbocycles. The second kappa shape index (κ2) is 6.26. The molecular formula is C16H16INO2. The highest BCUT2D eigenvalue weighted by Gasteiger charge is 2.18. The molecule has 0 bridgehead atoms. The highest BCUT2D eigenvalue weighted by molar-refractivity contribution is 14.1. The highest BCUT2D eigenvalue weighted by Crippen LogP contribution is 2.23. The first kappa shape index (κ1) is 14.8. The molecule has 0 saturated carbocycles. The minimum Gasteiger partial charge on any atom is -0.508 e. The molecular weight excluding hydrogens is 365 g/mol. The van der Waals surface area contributed by atoms with Crippen LogP contribution >= 0.6 is 22.6 Å². The Morgan fingerprint density at radius 3 is 2.45 bits per heavy atom. The normalized spacial score (nSPS) is 11.9. The number of hydrogen-bond donors (Lipinski definition) is 1. The molecule has 0 aliphatic heterocycles. The molecule has 2 rings (SSSR count). The van der Waals surface area contributed by atoms with Crippen LogP contribution < -0.4 is 0 Å². The van der Waals surface area contributed by atoms with Gasteiger partial charge >= 0.3 is 0 Å². The van der Waals surface area contributed by atoms with E-state index in [1.165, 1.54) is 0 Å². The van der Waals surface area contributed by atoms with Gasteiger partial charge in [-0.25, -0.2) is 0 Å². The van der Waals surface area contributed by atoms with Crippen molar-refractivity contribution in [1.82, 2.24) is 4.90 Å². The summed E-state index contributed by atoms with van der Waals surface area (Å²) in [5.74, 6) is 0.219. The van der Waals surface area contributed by atoms with Crippen molar-refractivity contribution in [2.45, 2.75) is 13.0 Å². The summed E-state index contributed by atoms with van der Waals surface area (Å²) in [6.45, 7) is 1.97. The lowest BCUT2D eigenvalue weighted by molar-refractivity contribution is 0.0742. The van der Waals surface area contributed by atoms with Crippen molar-refractivity contribution >= 4 is 28.5 Å². The van der Waals surface area contributed by atoms with Gasteiger partial charge in [0.05, 0.1) is 6.04 Å². The Balaban J connectivity index is 2.20. The Hall–Kier alpha value is -1.56. The molecule has 0 aromatic heterocycles. The summed E-state index contributed by atoms with van der Waals surface area (Å²) in [4.78, 5) is 14.2. The minimum atomic E-state index is -0.0547. The Kier molecular flexibility index (Phi) is 4.65. The van der Waals surface area contributed by atoms with Crippen molar-refractivity contribution in [2.24, 2.45) is 0 Å². The van der Waals surface area contributed by atoms with E-state index in [0.29, 0.717) is 5.56 Å². The molecule has 1 unspecified atom stereocenters. The van der Waals surface area contributed by atoms with Crippen LogP contribution in [0.1, 0.15) is 28.9 Å². The number of phenols is 1. The molecule has 20 heavy (non-hydrogen) atoms. The second-order valence-corrected chi connectivity index (χ2v) is 5.94. The predicted molar refractivity (Wildman–Crippen MR) is 87.8 cm³/mol. The third-order valence-corrected chi connectivity index (χ3v) is 4.02. The van der Waals surface area contributed by atoms with Crippen LogP contribution in [0.15, 0.2) is 48.5 Å². The summed E-state index contributed by atoms with van der Waals surface area (Å²) in [7, 11) is 1.79. The number of nitrogens with zero attached hydrogens (tertiary/aromatic N) is 1. The third kappa shape index (κ3) is 3.30. The van der Waals surface area contributed by atoms with Crippen LogP contribution in [0.5, 0.6) is 5.75 Å². The minimum absolute atomic E-state index is 0.0101. The molecule has 0 spiro atoms. The summed E-state index contributed by atoms with van der Waals surface area (Å²) in [6, 6.07) is 14.4. The maximum atomic E-state index is 12.5. The molecule has 3 nitrogen and oxygen atoms in total. The van der Waals surface area contributed by atoms with Crippen LogP contribution in [0.4, 0.5) is 0 Å². The summed E-state index contributed by atoms with van der Waals surface area (Å²) in [6.07, 6.45) is 0. The van der Waals surface area contributed by atoms with E-state index in [1.54, 1.807) is 24.1 Å². The van der Waals surface area contributed by atoms with E-state index >= 15 is 0 Å². The van der Waals surface area contributed by atoms with E-state index in [0.717, 1.165) is 9.13 Å². The average molecular weight is 381 g/mol. The lowest BCUT2D eigenvalue weighted by atomic mass is 10.1. The Morgan fingerprint density at radius 2 is 1.85 bits per heavy atom. The van der Waals surface area contributed by atoms with Crippen molar-refractivity contribution in [3.8, 4) is 5.75 Å². The Morgan fingerprint density at radius 1 is 1.20 bits per heavy atom. The molecule has 0 saturated heterocycles. The highest BCUT2D eigenvalue weighted by atomic mass is 127. The van der Waals surface area contributed by atoms with Crippen molar-refractivity contribution in [3.63, 3.8) is 0 Å². The smallest absolute Gasteiger partial charge is 0.254 e. The van der Waals surface area contributed by atoms with Crippen LogP contribution in [0, 0.1) is 3.57 Å². The molecule has 2 aromatic rings. The maximum Gasteiger partial charge on any atom is 0.254 e. The summed E-state index contributed by atoms with van der Waals surface area (Å²) >= 11 is 2.20. The number of carbonyl (C=O) groups excluding carboxylic acids is 1. The molecule has 4 heteroatoms. The van der Waals surface area contributed by atoms with Gasteiger partial charge in [0.15, 0.2) is 0 Å². The van der Waals surface area contributed by atoms with Crippen molar-refractivity contribution in [2.75, 3.05) is 7.05 Å². The molecule has 0 heterocycles. The van der Waals surface area contributed by atoms with Crippen LogP contribution in [0.2, 0.25) is 0 Å². The van der Waals surface area contributed by atoms with Crippen LogP contribution in [-0.4, -0.2) is 23.0 Å². The SMILES string of the molecule is CC(c1ccc(O)cc1)N(C)C(=O)c1cccc(I)c1. The number of amides is 1. The molecule has 104 valence electrons. The fraction of sp³-hybridized carbons (Fsp3) is 0.188. The average Bonchev–Trinajstić information content (AvgIpc) is 2.46. The van der Waals surface area contributed by atoms with E-state index in [1.807, 2.05) is 43.3 Å². The first-order valence-corrected chi connectivity index (χ1v) is 7.38. The molecule has 2 aromatic carbocycles. The van der Waals surface area contributed by atoms with Crippen molar-refractivity contribution < 1.29 is 9.90 Å². The fourth-order valence-electron chi connectivity index (χ4n) is 1.98. The van der Waals surface area contributed by atoms with E-state index in [4.69, 9.17) is 0 Å². The monoisotopic (exact) mass is 381 g/mol.